The normalized spacial score (nSPS) is 12.6. The summed E-state index contributed by atoms with van der Waals surface area (Å²) in [5, 5.41) is 2.62. The Morgan fingerprint density at radius 1 is 1.28 bits per heavy atom. The smallest absolute Gasteiger partial charge is 0.244 e. The summed E-state index contributed by atoms with van der Waals surface area (Å²) in [4.78, 5) is 12.1. The van der Waals surface area contributed by atoms with E-state index in [2.05, 4.69) is 10.0 Å². The zero-order valence-corrected chi connectivity index (χ0v) is 15.4. The Bertz CT molecular complexity index is 844. The maximum absolute atomic E-state index is 12.6. The number of ether oxygens (including phenoxy) is 1. The molecule has 7 nitrogen and oxygen atoms in total. The fraction of sp³-hybridized carbons (Fsp3) is 0.353. The van der Waals surface area contributed by atoms with Gasteiger partial charge < -0.3 is 14.5 Å². The highest BCUT2D eigenvalue weighted by Crippen LogP contribution is 2.27. The first-order valence-corrected chi connectivity index (χ1v) is 9.20. The molecule has 1 amide bonds. The molecule has 1 atom stereocenters. The Morgan fingerprint density at radius 2 is 1.96 bits per heavy atom. The van der Waals surface area contributed by atoms with Gasteiger partial charge in [0.25, 0.3) is 0 Å². The number of amides is 1. The van der Waals surface area contributed by atoms with Crippen LogP contribution < -0.4 is 14.8 Å². The van der Waals surface area contributed by atoms with E-state index in [0.29, 0.717) is 5.76 Å². The molecule has 25 heavy (non-hydrogen) atoms. The van der Waals surface area contributed by atoms with Crippen molar-refractivity contribution in [3.8, 4) is 5.75 Å². The second-order valence-corrected chi connectivity index (χ2v) is 7.41. The van der Waals surface area contributed by atoms with Crippen LogP contribution in [0.3, 0.4) is 0 Å². The zero-order chi connectivity index (χ0) is 18.6. The van der Waals surface area contributed by atoms with Gasteiger partial charge in [0.2, 0.25) is 15.9 Å². The molecule has 2 rings (SSSR count). The number of hydrogen-bond acceptors (Lipinski definition) is 5. The number of aryl methyl sites for hydroxylation is 2. The van der Waals surface area contributed by atoms with Crippen molar-refractivity contribution < 1.29 is 22.4 Å². The van der Waals surface area contributed by atoms with Crippen molar-refractivity contribution in [1.82, 2.24) is 10.0 Å². The summed E-state index contributed by atoms with van der Waals surface area (Å²) < 4.78 is 37.9. The first kappa shape index (κ1) is 19.0. The zero-order valence-electron chi connectivity index (χ0n) is 14.6. The maximum Gasteiger partial charge on any atom is 0.244 e. The Morgan fingerprint density at radius 3 is 2.56 bits per heavy atom. The number of sulfonamides is 1. The molecule has 136 valence electrons. The average molecular weight is 366 g/mol. The van der Waals surface area contributed by atoms with Crippen molar-refractivity contribution in [2.45, 2.75) is 38.3 Å². The molecule has 0 aliphatic rings. The van der Waals surface area contributed by atoms with Gasteiger partial charge in [-0.05, 0) is 56.2 Å². The molecule has 1 heterocycles. The van der Waals surface area contributed by atoms with E-state index in [1.807, 2.05) is 13.8 Å². The minimum atomic E-state index is -3.92. The molecule has 0 saturated heterocycles. The van der Waals surface area contributed by atoms with Gasteiger partial charge in [0.1, 0.15) is 16.4 Å². The largest absolute Gasteiger partial charge is 0.495 e. The van der Waals surface area contributed by atoms with E-state index in [1.54, 1.807) is 18.2 Å². The number of carbonyl (C=O) groups excluding carboxylic acids is 1. The lowest BCUT2D eigenvalue weighted by Gasteiger charge is -2.17. The molecule has 0 aliphatic heterocycles. The molecule has 0 unspecified atom stereocenters. The lowest BCUT2D eigenvalue weighted by Crippen LogP contribution is -2.44. The molecule has 0 saturated carbocycles. The highest BCUT2D eigenvalue weighted by molar-refractivity contribution is 7.89. The molecule has 0 fully saturated rings. The first-order valence-electron chi connectivity index (χ1n) is 7.72. The van der Waals surface area contributed by atoms with Crippen molar-refractivity contribution in [2.75, 3.05) is 7.11 Å². The monoisotopic (exact) mass is 366 g/mol. The van der Waals surface area contributed by atoms with Crippen LogP contribution in [0.15, 0.2) is 39.8 Å². The van der Waals surface area contributed by atoms with E-state index in [1.165, 1.54) is 26.4 Å². The van der Waals surface area contributed by atoms with Gasteiger partial charge in [0.15, 0.2) is 0 Å². The Balaban J connectivity index is 2.12. The number of nitrogens with one attached hydrogen (secondary N) is 2. The third kappa shape index (κ3) is 4.61. The van der Waals surface area contributed by atoms with Gasteiger partial charge in [-0.3, -0.25) is 4.79 Å². The van der Waals surface area contributed by atoms with Gasteiger partial charge in [-0.1, -0.05) is 0 Å². The number of carbonyl (C=O) groups is 1. The third-order valence-electron chi connectivity index (χ3n) is 3.81. The Hall–Kier alpha value is -2.32. The molecule has 8 heteroatoms. The predicted molar refractivity (Wildman–Crippen MR) is 92.8 cm³/mol. The highest BCUT2D eigenvalue weighted by Gasteiger charge is 2.25. The van der Waals surface area contributed by atoms with Crippen LogP contribution in [0.25, 0.3) is 0 Å². The van der Waals surface area contributed by atoms with Crippen LogP contribution in [-0.2, 0) is 21.4 Å². The van der Waals surface area contributed by atoms with E-state index >= 15 is 0 Å². The molecular formula is C17H22N2O5S. The molecule has 0 bridgehead atoms. The lowest BCUT2D eigenvalue weighted by atomic mass is 10.1. The van der Waals surface area contributed by atoms with E-state index < -0.39 is 22.0 Å². The molecule has 1 aromatic heterocycles. The summed E-state index contributed by atoms with van der Waals surface area (Å²) in [7, 11) is -2.51. The van der Waals surface area contributed by atoms with Crippen LogP contribution in [0.5, 0.6) is 5.75 Å². The van der Waals surface area contributed by atoms with Gasteiger partial charge >= 0.3 is 0 Å². The highest BCUT2D eigenvalue weighted by atomic mass is 32.2. The standard InChI is InChI=1S/C17H22N2O5S/c1-11-8-15(23-4)16(9-12(11)2)25(21,22)19-13(3)17(20)18-10-14-6-5-7-24-14/h5-9,13,19H,10H2,1-4H3,(H,18,20)/t13-/m0/s1. The Labute approximate surface area is 147 Å². The van der Waals surface area contributed by atoms with E-state index in [9.17, 15) is 13.2 Å². The first-order chi connectivity index (χ1) is 11.7. The fourth-order valence-electron chi connectivity index (χ4n) is 2.22. The second kappa shape index (κ2) is 7.71. The molecule has 0 radical (unpaired) electrons. The topological polar surface area (TPSA) is 97.6 Å². The van der Waals surface area contributed by atoms with Crippen LogP contribution in [0.2, 0.25) is 0 Å². The number of furan rings is 1. The van der Waals surface area contributed by atoms with Crippen LogP contribution in [0.4, 0.5) is 0 Å². The third-order valence-corrected chi connectivity index (χ3v) is 5.37. The molecule has 2 N–H and O–H groups in total. The van der Waals surface area contributed by atoms with E-state index in [0.717, 1.165) is 11.1 Å². The SMILES string of the molecule is COc1cc(C)c(C)cc1S(=O)(=O)N[C@@H](C)C(=O)NCc1ccco1. The van der Waals surface area contributed by atoms with Gasteiger partial charge in [-0.15, -0.1) is 0 Å². The average Bonchev–Trinajstić information content (AvgIpc) is 3.07. The minimum absolute atomic E-state index is 0.00350. The van der Waals surface area contributed by atoms with E-state index in [-0.39, 0.29) is 17.2 Å². The Kier molecular flexibility index (Phi) is 5.86. The van der Waals surface area contributed by atoms with Crippen LogP contribution >= 0.6 is 0 Å². The van der Waals surface area contributed by atoms with Crippen molar-refractivity contribution in [2.24, 2.45) is 0 Å². The van der Waals surface area contributed by atoms with Crippen molar-refractivity contribution in [3.63, 3.8) is 0 Å². The van der Waals surface area contributed by atoms with Crippen molar-refractivity contribution in [1.29, 1.82) is 0 Å². The van der Waals surface area contributed by atoms with Crippen molar-refractivity contribution in [3.05, 3.63) is 47.4 Å². The van der Waals surface area contributed by atoms with Gasteiger partial charge in [0, 0.05) is 0 Å². The molecule has 0 spiro atoms. The predicted octanol–water partition coefficient (Wildman–Crippen LogP) is 1.89. The van der Waals surface area contributed by atoms with Crippen LogP contribution in [0, 0.1) is 13.8 Å². The minimum Gasteiger partial charge on any atom is -0.495 e. The molecule has 2 aromatic rings. The fourth-order valence-corrected chi connectivity index (χ4v) is 3.66. The summed E-state index contributed by atoms with van der Waals surface area (Å²) in [6, 6.07) is 5.66. The van der Waals surface area contributed by atoms with Crippen molar-refractivity contribution >= 4 is 15.9 Å². The van der Waals surface area contributed by atoms with Crippen LogP contribution in [-0.4, -0.2) is 27.5 Å². The molecule has 0 aliphatic carbocycles. The summed E-state index contributed by atoms with van der Waals surface area (Å²) >= 11 is 0. The number of rotatable bonds is 7. The number of methoxy groups -OCH3 is 1. The number of hydrogen-bond donors (Lipinski definition) is 2. The number of benzene rings is 1. The summed E-state index contributed by atoms with van der Waals surface area (Å²) in [5.41, 5.74) is 1.73. The van der Waals surface area contributed by atoms with Crippen LogP contribution in [0.1, 0.15) is 23.8 Å². The summed E-state index contributed by atoms with van der Waals surface area (Å²) in [6.45, 7) is 5.34. The van der Waals surface area contributed by atoms with Gasteiger partial charge in [0.05, 0.1) is 26.0 Å². The van der Waals surface area contributed by atoms with Gasteiger partial charge in [-0.2, -0.15) is 4.72 Å². The van der Waals surface area contributed by atoms with E-state index in [4.69, 9.17) is 9.15 Å². The van der Waals surface area contributed by atoms with Gasteiger partial charge in [-0.25, -0.2) is 8.42 Å². The quantitative estimate of drug-likeness (QED) is 0.780. The summed E-state index contributed by atoms with van der Waals surface area (Å²) in [5.74, 6) is 0.362. The second-order valence-electron chi connectivity index (χ2n) is 5.73. The lowest BCUT2D eigenvalue weighted by molar-refractivity contribution is -0.122. The molecular weight excluding hydrogens is 344 g/mol. The molecule has 1 aromatic carbocycles. The summed E-state index contributed by atoms with van der Waals surface area (Å²) in [6.07, 6.45) is 1.50. The maximum atomic E-state index is 12.6.